The number of alkyl halides is 3. The van der Waals surface area contributed by atoms with Crippen molar-refractivity contribution in [1.82, 2.24) is 5.32 Å². The molecule has 5 nitrogen and oxygen atoms in total. The average molecular weight is 357 g/mol. The number of hydrogen-bond acceptors (Lipinski definition) is 3. The number of nitrogens with zero attached hydrogens (tertiary/aromatic N) is 1. The molecule has 1 aliphatic heterocycles. The van der Waals surface area contributed by atoms with E-state index in [4.69, 9.17) is 0 Å². The highest BCUT2D eigenvalue weighted by molar-refractivity contribution is 6.05. The van der Waals surface area contributed by atoms with E-state index in [1.807, 2.05) is 20.8 Å². The van der Waals surface area contributed by atoms with E-state index in [0.717, 1.165) is 0 Å². The van der Waals surface area contributed by atoms with Gasteiger partial charge in [-0.15, -0.1) is 0 Å². The molecule has 8 heteroatoms. The van der Waals surface area contributed by atoms with Crippen LogP contribution in [0.3, 0.4) is 0 Å². The van der Waals surface area contributed by atoms with Gasteiger partial charge in [-0.25, -0.2) is 0 Å². The summed E-state index contributed by atoms with van der Waals surface area (Å²) in [6, 6.07) is 3.81. The smallest absolute Gasteiger partial charge is 0.324 e. The van der Waals surface area contributed by atoms with Crippen LogP contribution in [0.5, 0.6) is 0 Å². The fraction of sp³-hybridized carbons (Fsp3) is 0.529. The Hall–Kier alpha value is -2.09. The number of carbonyl (C=O) groups excluding carboxylic acids is 2. The van der Waals surface area contributed by atoms with Gasteiger partial charge in [0, 0.05) is 5.54 Å². The van der Waals surface area contributed by atoms with E-state index in [1.54, 1.807) is 6.07 Å². The van der Waals surface area contributed by atoms with Crippen LogP contribution in [-0.2, 0) is 9.59 Å². The molecule has 0 saturated heterocycles. The summed E-state index contributed by atoms with van der Waals surface area (Å²) in [5.74, 6) is -1.50. The highest BCUT2D eigenvalue weighted by Crippen LogP contribution is 2.37. The van der Waals surface area contributed by atoms with Gasteiger partial charge in [-0.3, -0.25) is 14.5 Å². The van der Waals surface area contributed by atoms with Gasteiger partial charge in [0.2, 0.25) is 11.8 Å². The zero-order chi connectivity index (χ0) is 18.8. The van der Waals surface area contributed by atoms with Gasteiger partial charge < -0.3 is 10.6 Å². The number of nitrogens with one attached hydrogen (secondary N) is 2. The molecule has 2 N–H and O–H groups in total. The van der Waals surface area contributed by atoms with E-state index in [1.165, 1.54) is 18.2 Å². The third kappa shape index (κ3) is 4.50. The van der Waals surface area contributed by atoms with Gasteiger partial charge in [0.25, 0.3) is 0 Å². The minimum Gasteiger partial charge on any atom is -0.324 e. The monoisotopic (exact) mass is 357 g/mol. The van der Waals surface area contributed by atoms with Crippen molar-refractivity contribution < 1.29 is 22.8 Å². The lowest BCUT2D eigenvalue weighted by atomic mass is 10.0. The van der Waals surface area contributed by atoms with Gasteiger partial charge in [-0.05, 0) is 32.4 Å². The molecular formula is C17H22F3N3O2. The summed E-state index contributed by atoms with van der Waals surface area (Å²) in [5, 5.41) is 5.42. The highest BCUT2D eigenvalue weighted by Gasteiger charge is 2.48. The molecule has 138 valence electrons. The van der Waals surface area contributed by atoms with Crippen LogP contribution in [-0.4, -0.2) is 36.1 Å². The molecule has 0 bridgehead atoms. The molecule has 0 spiro atoms. The van der Waals surface area contributed by atoms with E-state index in [-0.39, 0.29) is 23.5 Å². The first kappa shape index (κ1) is 19.2. The largest absolute Gasteiger partial charge is 0.409 e. The van der Waals surface area contributed by atoms with E-state index in [9.17, 15) is 22.8 Å². The number of fused-ring (bicyclic) bond motifs is 1. The second-order valence-corrected chi connectivity index (χ2v) is 6.68. The second kappa shape index (κ2) is 7.03. The van der Waals surface area contributed by atoms with Gasteiger partial charge in [0.1, 0.15) is 6.04 Å². The maximum Gasteiger partial charge on any atom is 0.409 e. The average Bonchev–Trinajstić information content (AvgIpc) is 2.68. The number of benzene rings is 1. The number of hydrogen-bond donors (Lipinski definition) is 2. The van der Waals surface area contributed by atoms with Crippen LogP contribution in [0, 0.1) is 0 Å². The molecule has 0 fully saturated rings. The molecule has 1 aromatic rings. The lowest BCUT2D eigenvalue weighted by Crippen LogP contribution is -2.54. The van der Waals surface area contributed by atoms with Crippen molar-refractivity contribution in [2.45, 2.75) is 51.4 Å². The predicted molar refractivity (Wildman–Crippen MR) is 89.4 cm³/mol. The van der Waals surface area contributed by atoms with Crippen molar-refractivity contribution in [3.63, 3.8) is 0 Å². The summed E-state index contributed by atoms with van der Waals surface area (Å²) in [4.78, 5) is 25.2. The first-order valence-electron chi connectivity index (χ1n) is 8.08. The van der Waals surface area contributed by atoms with E-state index < -0.39 is 30.5 Å². The fourth-order valence-corrected chi connectivity index (χ4v) is 2.52. The van der Waals surface area contributed by atoms with E-state index in [2.05, 4.69) is 10.6 Å². The molecule has 1 aliphatic rings. The topological polar surface area (TPSA) is 61.4 Å². The first-order valence-corrected chi connectivity index (χ1v) is 8.08. The molecular weight excluding hydrogens is 335 g/mol. The third-order valence-electron chi connectivity index (χ3n) is 4.38. The van der Waals surface area contributed by atoms with Crippen LogP contribution in [0.2, 0.25) is 0 Å². The zero-order valence-corrected chi connectivity index (χ0v) is 14.4. The van der Waals surface area contributed by atoms with Crippen LogP contribution in [0.1, 0.15) is 33.6 Å². The summed E-state index contributed by atoms with van der Waals surface area (Å²) in [7, 11) is 0. The Morgan fingerprint density at radius 3 is 2.56 bits per heavy atom. The minimum absolute atomic E-state index is 0.0526. The standard InChI is InChI=1S/C17H22F3N3O2/c1-4-16(2,3)21-10-15(25)23-12-8-6-5-7-11(12)22-14(24)9-13(23)17(18,19)20/h5-8,13,21H,4,9-10H2,1-3H3,(H,22,24). The minimum atomic E-state index is -4.72. The van der Waals surface area contributed by atoms with Crippen molar-refractivity contribution in [3.05, 3.63) is 24.3 Å². The van der Waals surface area contributed by atoms with Gasteiger partial charge in [0.15, 0.2) is 0 Å². The van der Waals surface area contributed by atoms with Crippen LogP contribution in [0.4, 0.5) is 24.5 Å². The van der Waals surface area contributed by atoms with Crippen LogP contribution in [0.25, 0.3) is 0 Å². The molecule has 1 unspecified atom stereocenters. The third-order valence-corrected chi connectivity index (χ3v) is 4.38. The van der Waals surface area contributed by atoms with Crippen LogP contribution >= 0.6 is 0 Å². The Morgan fingerprint density at radius 1 is 1.32 bits per heavy atom. The van der Waals surface area contributed by atoms with Gasteiger partial charge >= 0.3 is 6.18 Å². The molecule has 0 aliphatic carbocycles. The summed E-state index contributed by atoms with van der Waals surface area (Å²) < 4.78 is 40.6. The highest BCUT2D eigenvalue weighted by atomic mass is 19.4. The fourth-order valence-electron chi connectivity index (χ4n) is 2.52. The number of amides is 2. The molecule has 0 radical (unpaired) electrons. The predicted octanol–water partition coefficient (Wildman–Crippen LogP) is 3.07. The quantitative estimate of drug-likeness (QED) is 0.871. The van der Waals surface area contributed by atoms with Crippen LogP contribution in [0.15, 0.2) is 24.3 Å². The zero-order valence-electron chi connectivity index (χ0n) is 14.4. The Kier molecular flexibility index (Phi) is 5.41. The molecule has 1 atom stereocenters. The summed E-state index contributed by atoms with van der Waals surface area (Å²) in [6.45, 7) is 5.39. The Balaban J connectivity index is 2.41. The summed E-state index contributed by atoms with van der Waals surface area (Å²) in [5.41, 5.74) is -0.137. The number of anilines is 2. The van der Waals surface area contributed by atoms with Crippen molar-refractivity contribution in [3.8, 4) is 0 Å². The van der Waals surface area contributed by atoms with Crippen molar-refractivity contribution in [1.29, 1.82) is 0 Å². The molecule has 25 heavy (non-hydrogen) atoms. The Bertz CT molecular complexity index is 659. The normalized spacial score (nSPS) is 18.4. The lowest BCUT2D eigenvalue weighted by Gasteiger charge is -2.33. The van der Waals surface area contributed by atoms with Crippen molar-refractivity contribution >= 4 is 23.2 Å². The number of carbonyl (C=O) groups is 2. The molecule has 0 saturated carbocycles. The number of rotatable bonds is 4. The molecule has 2 amide bonds. The second-order valence-electron chi connectivity index (χ2n) is 6.68. The molecule has 0 aromatic heterocycles. The summed E-state index contributed by atoms with van der Waals surface area (Å²) >= 11 is 0. The molecule has 1 heterocycles. The van der Waals surface area contributed by atoms with Crippen molar-refractivity contribution in [2.24, 2.45) is 0 Å². The van der Waals surface area contributed by atoms with Crippen LogP contribution < -0.4 is 15.5 Å². The maximum atomic E-state index is 13.5. The SMILES string of the molecule is CCC(C)(C)NCC(=O)N1c2ccccc2NC(=O)CC1C(F)(F)F. The van der Waals surface area contributed by atoms with E-state index >= 15 is 0 Å². The van der Waals surface area contributed by atoms with E-state index in [0.29, 0.717) is 11.3 Å². The van der Waals surface area contributed by atoms with Gasteiger partial charge in [-0.1, -0.05) is 19.1 Å². The lowest BCUT2D eigenvalue weighted by molar-refractivity contribution is -0.157. The van der Waals surface area contributed by atoms with Gasteiger partial charge in [0.05, 0.1) is 24.3 Å². The Labute approximate surface area is 144 Å². The molecule has 1 aromatic carbocycles. The Morgan fingerprint density at radius 2 is 1.96 bits per heavy atom. The number of para-hydroxylation sites is 2. The molecule has 2 rings (SSSR count). The van der Waals surface area contributed by atoms with Gasteiger partial charge in [-0.2, -0.15) is 13.2 Å². The summed E-state index contributed by atoms with van der Waals surface area (Å²) in [6.07, 6.45) is -4.84. The number of halogens is 3. The maximum absolute atomic E-state index is 13.5. The first-order chi connectivity index (χ1) is 11.5. The van der Waals surface area contributed by atoms with Crippen molar-refractivity contribution in [2.75, 3.05) is 16.8 Å².